The molecule has 1 saturated heterocycles. The predicted octanol–water partition coefficient (Wildman–Crippen LogP) is 0.915. The van der Waals surface area contributed by atoms with Gasteiger partial charge in [-0.3, -0.25) is 9.59 Å². The Morgan fingerprint density at radius 2 is 1.88 bits per heavy atom. The van der Waals surface area contributed by atoms with Crippen molar-refractivity contribution in [3.05, 3.63) is 0 Å². The van der Waals surface area contributed by atoms with Crippen LogP contribution in [0.5, 0.6) is 0 Å². The molecule has 1 aliphatic heterocycles. The Bertz CT molecular complexity index is 291. The average Bonchev–Trinajstić information content (AvgIpc) is 2.93. The zero-order chi connectivity index (χ0) is 11.6. The third-order valence-corrected chi connectivity index (χ3v) is 3.52. The van der Waals surface area contributed by atoms with Crippen molar-refractivity contribution in [2.45, 2.75) is 39.0 Å². The van der Waals surface area contributed by atoms with E-state index in [1.807, 2.05) is 11.8 Å². The molecule has 0 aromatic carbocycles. The molecule has 90 valence electrons. The molecule has 0 unspecified atom stereocenters. The van der Waals surface area contributed by atoms with Crippen molar-refractivity contribution in [2.24, 2.45) is 5.41 Å². The summed E-state index contributed by atoms with van der Waals surface area (Å²) in [6, 6.07) is 0. The molecule has 0 spiro atoms. The maximum absolute atomic E-state index is 12.2. The van der Waals surface area contributed by atoms with Crippen LogP contribution in [0.1, 0.15) is 39.0 Å². The number of nitrogens with zero attached hydrogens (tertiary/aromatic N) is 1. The Balaban J connectivity index is 1.96. The van der Waals surface area contributed by atoms with E-state index in [0.717, 1.165) is 45.2 Å². The number of amides is 2. The van der Waals surface area contributed by atoms with Crippen molar-refractivity contribution in [1.29, 1.82) is 0 Å². The molecular weight excluding hydrogens is 204 g/mol. The van der Waals surface area contributed by atoms with Crippen molar-refractivity contribution >= 4 is 11.8 Å². The summed E-state index contributed by atoms with van der Waals surface area (Å²) >= 11 is 0. The van der Waals surface area contributed by atoms with Crippen LogP contribution in [-0.2, 0) is 9.59 Å². The number of carbonyl (C=O) groups is 2. The van der Waals surface area contributed by atoms with Gasteiger partial charge in [-0.25, -0.2) is 0 Å². The minimum Gasteiger partial charge on any atom is -0.355 e. The van der Waals surface area contributed by atoms with Crippen LogP contribution in [0.25, 0.3) is 0 Å². The summed E-state index contributed by atoms with van der Waals surface area (Å²) in [7, 11) is 0. The Morgan fingerprint density at radius 1 is 1.25 bits per heavy atom. The number of rotatable bonds is 4. The summed E-state index contributed by atoms with van der Waals surface area (Å²) in [4.78, 5) is 26.0. The van der Waals surface area contributed by atoms with Crippen molar-refractivity contribution in [1.82, 2.24) is 10.2 Å². The van der Waals surface area contributed by atoms with E-state index in [1.165, 1.54) is 0 Å². The van der Waals surface area contributed by atoms with Crippen molar-refractivity contribution < 1.29 is 9.59 Å². The summed E-state index contributed by atoms with van der Waals surface area (Å²) in [5, 5.41) is 2.85. The number of nitrogens with one attached hydrogen (secondary N) is 1. The summed E-state index contributed by atoms with van der Waals surface area (Å²) in [6.07, 6.45) is 4.55. The average molecular weight is 224 g/mol. The normalized spacial score (nSPS) is 21.9. The number of carbonyl (C=O) groups excluding carboxylic acids is 2. The molecule has 2 amide bonds. The standard InChI is InChI=1S/C12H20N2O2/c1-2-7-13-10(15)12(5-6-12)11(16)14-8-3-4-9-14/h2-9H2,1H3,(H,13,15). The van der Waals surface area contributed by atoms with E-state index >= 15 is 0 Å². The highest BCUT2D eigenvalue weighted by Gasteiger charge is 2.57. The smallest absolute Gasteiger partial charge is 0.238 e. The molecule has 2 aliphatic rings. The molecule has 1 saturated carbocycles. The van der Waals surface area contributed by atoms with Crippen molar-refractivity contribution in [3.63, 3.8) is 0 Å². The maximum atomic E-state index is 12.2. The van der Waals surface area contributed by atoms with Gasteiger partial charge >= 0.3 is 0 Å². The Hall–Kier alpha value is -1.06. The van der Waals surface area contributed by atoms with Crippen LogP contribution in [0.4, 0.5) is 0 Å². The first-order chi connectivity index (χ1) is 7.70. The Labute approximate surface area is 96.4 Å². The lowest BCUT2D eigenvalue weighted by molar-refractivity contribution is -0.143. The molecule has 2 rings (SSSR count). The zero-order valence-corrected chi connectivity index (χ0v) is 9.92. The van der Waals surface area contributed by atoms with Gasteiger partial charge in [0.15, 0.2) is 0 Å². The lowest BCUT2D eigenvalue weighted by Crippen LogP contribution is -2.44. The van der Waals surface area contributed by atoms with Gasteiger partial charge in [0.1, 0.15) is 5.41 Å². The van der Waals surface area contributed by atoms with E-state index in [2.05, 4.69) is 5.32 Å². The van der Waals surface area contributed by atoms with E-state index in [0.29, 0.717) is 6.54 Å². The van der Waals surface area contributed by atoms with Gasteiger partial charge in [0, 0.05) is 19.6 Å². The van der Waals surface area contributed by atoms with Gasteiger partial charge in [0.25, 0.3) is 0 Å². The van der Waals surface area contributed by atoms with E-state index in [1.54, 1.807) is 0 Å². The van der Waals surface area contributed by atoms with Crippen LogP contribution in [0.15, 0.2) is 0 Å². The molecule has 0 bridgehead atoms. The highest BCUT2D eigenvalue weighted by molar-refractivity contribution is 6.07. The van der Waals surface area contributed by atoms with E-state index in [9.17, 15) is 9.59 Å². The second-order valence-electron chi connectivity index (χ2n) is 4.84. The molecule has 2 fully saturated rings. The van der Waals surface area contributed by atoms with Crippen LogP contribution < -0.4 is 5.32 Å². The lowest BCUT2D eigenvalue weighted by Gasteiger charge is -2.22. The monoisotopic (exact) mass is 224 g/mol. The van der Waals surface area contributed by atoms with Gasteiger partial charge < -0.3 is 10.2 Å². The largest absolute Gasteiger partial charge is 0.355 e. The zero-order valence-electron chi connectivity index (χ0n) is 9.92. The third kappa shape index (κ3) is 1.93. The number of hydrogen-bond donors (Lipinski definition) is 1. The molecule has 4 nitrogen and oxygen atoms in total. The van der Waals surface area contributed by atoms with E-state index < -0.39 is 5.41 Å². The van der Waals surface area contributed by atoms with E-state index in [-0.39, 0.29) is 11.8 Å². The minimum absolute atomic E-state index is 0.0498. The molecular formula is C12H20N2O2. The second-order valence-corrected chi connectivity index (χ2v) is 4.84. The minimum atomic E-state index is -0.681. The molecule has 0 aromatic rings. The van der Waals surface area contributed by atoms with Crippen molar-refractivity contribution in [2.75, 3.05) is 19.6 Å². The summed E-state index contributed by atoms with van der Waals surface area (Å²) in [6.45, 7) is 4.36. The van der Waals surface area contributed by atoms with Gasteiger partial charge in [-0.15, -0.1) is 0 Å². The van der Waals surface area contributed by atoms with Gasteiger partial charge in [-0.2, -0.15) is 0 Å². The van der Waals surface area contributed by atoms with Crippen LogP contribution in [0, 0.1) is 5.41 Å². The molecule has 0 radical (unpaired) electrons. The van der Waals surface area contributed by atoms with Gasteiger partial charge in [0.05, 0.1) is 0 Å². The molecule has 1 aliphatic carbocycles. The van der Waals surface area contributed by atoms with Gasteiger partial charge in [-0.05, 0) is 32.1 Å². The molecule has 0 atom stereocenters. The molecule has 16 heavy (non-hydrogen) atoms. The summed E-state index contributed by atoms with van der Waals surface area (Å²) in [5.74, 6) is 0.0184. The molecule has 0 aromatic heterocycles. The first kappa shape index (κ1) is 11.4. The van der Waals surface area contributed by atoms with Crippen LogP contribution in [-0.4, -0.2) is 36.3 Å². The fraction of sp³-hybridized carbons (Fsp3) is 0.833. The van der Waals surface area contributed by atoms with Crippen LogP contribution in [0.2, 0.25) is 0 Å². The van der Waals surface area contributed by atoms with Gasteiger partial charge in [0.2, 0.25) is 11.8 Å². The van der Waals surface area contributed by atoms with E-state index in [4.69, 9.17) is 0 Å². The van der Waals surface area contributed by atoms with Crippen molar-refractivity contribution in [3.8, 4) is 0 Å². The fourth-order valence-corrected chi connectivity index (χ4v) is 2.29. The Kier molecular flexibility index (Phi) is 3.17. The molecule has 4 heteroatoms. The second kappa shape index (κ2) is 4.44. The highest BCUT2D eigenvalue weighted by Crippen LogP contribution is 2.47. The first-order valence-corrected chi connectivity index (χ1v) is 6.28. The first-order valence-electron chi connectivity index (χ1n) is 6.28. The summed E-state index contributed by atoms with van der Waals surface area (Å²) in [5.41, 5.74) is -0.681. The predicted molar refractivity (Wildman–Crippen MR) is 60.8 cm³/mol. The number of likely N-dealkylation sites (tertiary alicyclic amines) is 1. The van der Waals surface area contributed by atoms with Crippen LogP contribution in [0.3, 0.4) is 0 Å². The Morgan fingerprint density at radius 3 is 2.38 bits per heavy atom. The maximum Gasteiger partial charge on any atom is 0.238 e. The number of hydrogen-bond acceptors (Lipinski definition) is 2. The topological polar surface area (TPSA) is 49.4 Å². The quantitative estimate of drug-likeness (QED) is 0.722. The van der Waals surface area contributed by atoms with Crippen LogP contribution >= 0.6 is 0 Å². The lowest BCUT2D eigenvalue weighted by atomic mass is 10.0. The molecule has 1 heterocycles. The SMILES string of the molecule is CCCNC(=O)C1(C(=O)N2CCCC2)CC1. The third-order valence-electron chi connectivity index (χ3n) is 3.52. The highest BCUT2D eigenvalue weighted by atomic mass is 16.2. The summed E-state index contributed by atoms with van der Waals surface area (Å²) < 4.78 is 0. The molecule has 1 N–H and O–H groups in total. The van der Waals surface area contributed by atoms with Gasteiger partial charge in [-0.1, -0.05) is 6.92 Å². The fourth-order valence-electron chi connectivity index (χ4n) is 2.29.